The van der Waals surface area contributed by atoms with Gasteiger partial charge in [0.25, 0.3) is 0 Å². The van der Waals surface area contributed by atoms with Gasteiger partial charge in [0.15, 0.2) is 0 Å². The number of nitrogens with one attached hydrogen (secondary N) is 1. The van der Waals surface area contributed by atoms with Crippen LogP contribution in [0.15, 0.2) is 18.2 Å². The van der Waals surface area contributed by atoms with Crippen molar-refractivity contribution in [2.45, 2.75) is 38.3 Å². The number of halogens is 2. The first kappa shape index (κ1) is 20.5. The number of rotatable bonds is 3. The lowest BCUT2D eigenvalue weighted by Gasteiger charge is -2.38. The SMILES string of the molecule is C[C@@H]1CN(CC(=O)N2CC(C)(C)c3ccc(Cl)cc32)[C@@H](CO)CN1.Cl. The lowest BCUT2D eigenvalue weighted by Crippen LogP contribution is -2.59. The molecule has 0 spiro atoms. The number of hydrogen-bond acceptors (Lipinski definition) is 4. The monoisotopic (exact) mass is 387 g/mol. The van der Waals surface area contributed by atoms with Crippen molar-refractivity contribution in [1.82, 2.24) is 10.2 Å². The van der Waals surface area contributed by atoms with Gasteiger partial charge in [-0.3, -0.25) is 9.69 Å². The Bertz CT molecular complexity index is 639. The number of piperazine rings is 1. The molecule has 25 heavy (non-hydrogen) atoms. The molecule has 7 heteroatoms. The molecular formula is C18H27Cl2N3O2. The second-order valence-electron chi connectivity index (χ2n) is 7.60. The molecule has 2 atom stereocenters. The van der Waals surface area contributed by atoms with E-state index in [1.807, 2.05) is 23.1 Å². The van der Waals surface area contributed by atoms with Crippen LogP contribution in [-0.2, 0) is 10.2 Å². The molecule has 1 saturated heterocycles. The van der Waals surface area contributed by atoms with Crippen molar-refractivity contribution < 1.29 is 9.90 Å². The summed E-state index contributed by atoms with van der Waals surface area (Å²) in [6.45, 7) is 8.90. The third-order valence-electron chi connectivity index (χ3n) is 5.11. The quantitative estimate of drug-likeness (QED) is 0.832. The molecule has 0 unspecified atom stereocenters. The Morgan fingerprint density at radius 2 is 2.16 bits per heavy atom. The number of benzene rings is 1. The summed E-state index contributed by atoms with van der Waals surface area (Å²) >= 11 is 6.15. The summed E-state index contributed by atoms with van der Waals surface area (Å²) in [6.07, 6.45) is 0. The van der Waals surface area contributed by atoms with Crippen LogP contribution in [0.1, 0.15) is 26.3 Å². The zero-order valence-corrected chi connectivity index (χ0v) is 16.5. The average Bonchev–Trinajstić information content (AvgIpc) is 2.78. The third kappa shape index (κ3) is 4.12. The fourth-order valence-electron chi connectivity index (χ4n) is 3.75. The van der Waals surface area contributed by atoms with Crippen molar-refractivity contribution in [2.24, 2.45) is 0 Å². The van der Waals surface area contributed by atoms with Gasteiger partial charge in [0, 0.05) is 47.8 Å². The van der Waals surface area contributed by atoms with Crippen molar-refractivity contribution >= 4 is 35.6 Å². The van der Waals surface area contributed by atoms with E-state index in [1.54, 1.807) is 0 Å². The molecule has 0 bridgehead atoms. The van der Waals surface area contributed by atoms with Gasteiger partial charge in [-0.25, -0.2) is 0 Å². The third-order valence-corrected chi connectivity index (χ3v) is 5.35. The highest BCUT2D eigenvalue weighted by Gasteiger charge is 2.39. The summed E-state index contributed by atoms with van der Waals surface area (Å²) in [5, 5.41) is 13.6. The van der Waals surface area contributed by atoms with Gasteiger partial charge in [-0.2, -0.15) is 0 Å². The number of hydrogen-bond donors (Lipinski definition) is 2. The molecule has 0 aromatic heterocycles. The maximum Gasteiger partial charge on any atom is 0.241 e. The second-order valence-corrected chi connectivity index (χ2v) is 8.04. The van der Waals surface area contributed by atoms with Crippen LogP contribution in [0.4, 0.5) is 5.69 Å². The fraction of sp³-hybridized carbons (Fsp3) is 0.611. The summed E-state index contributed by atoms with van der Waals surface area (Å²) in [7, 11) is 0. The van der Waals surface area contributed by atoms with Gasteiger partial charge in [0.2, 0.25) is 5.91 Å². The Hall–Kier alpha value is -0.850. The average molecular weight is 388 g/mol. The first-order valence-corrected chi connectivity index (χ1v) is 8.88. The number of nitrogens with zero attached hydrogens (tertiary/aromatic N) is 2. The standard InChI is InChI=1S/C18H26ClN3O2.ClH/c1-12-8-21(14(10-23)7-20-12)9-17(24)22-11-18(2,3)15-5-4-13(19)6-16(15)22;/h4-6,12,14,20,23H,7-11H2,1-3H3;1H/t12-,14-;/m1./s1. The lowest BCUT2D eigenvalue weighted by atomic mass is 9.87. The van der Waals surface area contributed by atoms with E-state index in [0.717, 1.165) is 17.8 Å². The van der Waals surface area contributed by atoms with E-state index < -0.39 is 0 Å². The molecule has 2 aliphatic rings. The Morgan fingerprint density at radius 3 is 2.84 bits per heavy atom. The van der Waals surface area contributed by atoms with E-state index in [-0.39, 0.29) is 36.4 Å². The highest BCUT2D eigenvalue weighted by molar-refractivity contribution is 6.31. The molecule has 0 saturated carbocycles. The summed E-state index contributed by atoms with van der Waals surface area (Å²) in [5.74, 6) is 0.0663. The Labute approximate surface area is 160 Å². The van der Waals surface area contributed by atoms with Gasteiger partial charge in [-0.1, -0.05) is 31.5 Å². The highest BCUT2D eigenvalue weighted by atomic mass is 35.5. The maximum absolute atomic E-state index is 13.0. The van der Waals surface area contributed by atoms with E-state index >= 15 is 0 Å². The van der Waals surface area contributed by atoms with E-state index in [1.165, 1.54) is 0 Å². The molecular weight excluding hydrogens is 361 g/mol. The number of aliphatic hydroxyl groups is 1. The van der Waals surface area contributed by atoms with Crippen LogP contribution in [0.5, 0.6) is 0 Å². The predicted molar refractivity (Wildman–Crippen MR) is 104 cm³/mol. The minimum atomic E-state index is -0.0806. The van der Waals surface area contributed by atoms with Gasteiger partial charge in [-0.15, -0.1) is 12.4 Å². The van der Waals surface area contributed by atoms with Crippen LogP contribution in [0, 0.1) is 0 Å². The summed E-state index contributed by atoms with van der Waals surface area (Å²) in [5.41, 5.74) is 2.00. The van der Waals surface area contributed by atoms with Crippen molar-refractivity contribution in [2.75, 3.05) is 37.7 Å². The molecule has 2 N–H and O–H groups in total. The molecule has 1 aromatic rings. The number of amides is 1. The van der Waals surface area contributed by atoms with Crippen LogP contribution in [0.3, 0.4) is 0 Å². The molecule has 3 rings (SSSR count). The Morgan fingerprint density at radius 1 is 1.44 bits per heavy atom. The Balaban J connectivity index is 0.00000225. The molecule has 1 amide bonds. The molecule has 0 radical (unpaired) electrons. The first-order chi connectivity index (χ1) is 11.3. The van der Waals surface area contributed by atoms with Gasteiger partial charge in [-0.05, 0) is 24.6 Å². The summed E-state index contributed by atoms with van der Waals surface area (Å²) < 4.78 is 0. The van der Waals surface area contributed by atoms with Crippen LogP contribution in [-0.4, -0.2) is 60.8 Å². The van der Waals surface area contributed by atoms with Crippen molar-refractivity contribution in [3.05, 3.63) is 28.8 Å². The lowest BCUT2D eigenvalue weighted by molar-refractivity contribution is -0.121. The van der Waals surface area contributed by atoms with E-state index in [4.69, 9.17) is 11.6 Å². The maximum atomic E-state index is 13.0. The molecule has 1 aromatic carbocycles. The van der Waals surface area contributed by atoms with E-state index in [0.29, 0.717) is 30.7 Å². The summed E-state index contributed by atoms with van der Waals surface area (Å²) in [4.78, 5) is 16.9. The van der Waals surface area contributed by atoms with Gasteiger partial charge in [0.1, 0.15) is 0 Å². The van der Waals surface area contributed by atoms with Gasteiger partial charge < -0.3 is 15.3 Å². The van der Waals surface area contributed by atoms with Crippen molar-refractivity contribution in [1.29, 1.82) is 0 Å². The Kier molecular flexibility index (Phi) is 6.39. The predicted octanol–water partition coefficient (Wildman–Crippen LogP) is 2.04. The smallest absolute Gasteiger partial charge is 0.241 e. The normalized spacial score (nSPS) is 25.4. The molecule has 1 fully saturated rings. The van der Waals surface area contributed by atoms with Crippen LogP contribution >= 0.6 is 24.0 Å². The van der Waals surface area contributed by atoms with Crippen LogP contribution < -0.4 is 10.2 Å². The number of carbonyl (C=O) groups excluding carboxylic acids is 1. The van der Waals surface area contributed by atoms with Gasteiger partial charge in [0.05, 0.1) is 13.2 Å². The second kappa shape index (κ2) is 7.80. The zero-order valence-electron chi connectivity index (χ0n) is 15.0. The largest absolute Gasteiger partial charge is 0.395 e. The molecule has 0 aliphatic carbocycles. The van der Waals surface area contributed by atoms with Crippen LogP contribution in [0.25, 0.3) is 0 Å². The van der Waals surface area contributed by atoms with Gasteiger partial charge >= 0.3 is 0 Å². The fourth-order valence-corrected chi connectivity index (χ4v) is 3.92. The number of anilines is 1. The number of fused-ring (bicyclic) bond motifs is 1. The number of carbonyl (C=O) groups is 1. The molecule has 2 aliphatic heterocycles. The first-order valence-electron chi connectivity index (χ1n) is 8.50. The zero-order chi connectivity index (χ0) is 17.5. The van der Waals surface area contributed by atoms with Crippen molar-refractivity contribution in [3.8, 4) is 0 Å². The molecule has 140 valence electrons. The van der Waals surface area contributed by atoms with Crippen molar-refractivity contribution in [3.63, 3.8) is 0 Å². The minimum Gasteiger partial charge on any atom is -0.395 e. The highest BCUT2D eigenvalue weighted by Crippen LogP contribution is 2.41. The topological polar surface area (TPSA) is 55.8 Å². The summed E-state index contributed by atoms with van der Waals surface area (Å²) in [6, 6.07) is 6.09. The molecule has 5 nitrogen and oxygen atoms in total. The number of aliphatic hydroxyl groups excluding tert-OH is 1. The minimum absolute atomic E-state index is 0. The van der Waals surface area contributed by atoms with Crippen LogP contribution in [0.2, 0.25) is 5.02 Å². The van der Waals surface area contributed by atoms with E-state index in [9.17, 15) is 9.90 Å². The molecule has 2 heterocycles. The van der Waals surface area contributed by atoms with E-state index in [2.05, 4.69) is 31.0 Å².